The first-order valence-electron chi connectivity index (χ1n) is 6.43. The van der Waals surface area contributed by atoms with Gasteiger partial charge in [0.15, 0.2) is 0 Å². The van der Waals surface area contributed by atoms with Gasteiger partial charge >= 0.3 is 0 Å². The van der Waals surface area contributed by atoms with Crippen LogP contribution in [0.25, 0.3) is 0 Å². The molecular weight excluding hydrogens is 214 g/mol. The fourth-order valence-corrected chi connectivity index (χ4v) is 2.20. The summed E-state index contributed by atoms with van der Waals surface area (Å²) in [7, 11) is 1.94. The van der Waals surface area contributed by atoms with Gasteiger partial charge in [0.25, 0.3) is 0 Å². The molecule has 0 aliphatic rings. The van der Waals surface area contributed by atoms with E-state index in [2.05, 4.69) is 37.4 Å². The van der Waals surface area contributed by atoms with Gasteiger partial charge in [0.2, 0.25) is 0 Å². The number of aromatic nitrogens is 2. The first-order chi connectivity index (χ1) is 8.07. The Hall–Kier alpha value is -0.870. The van der Waals surface area contributed by atoms with Crippen LogP contribution in [0.15, 0.2) is 12.4 Å². The van der Waals surface area contributed by atoms with Gasteiger partial charge in [0.1, 0.15) is 0 Å². The highest BCUT2D eigenvalue weighted by atomic mass is 16.5. The summed E-state index contributed by atoms with van der Waals surface area (Å²) < 4.78 is 7.79. The molecule has 0 aliphatic heterocycles. The Morgan fingerprint density at radius 1 is 1.47 bits per heavy atom. The number of rotatable bonds is 7. The van der Waals surface area contributed by atoms with Crippen molar-refractivity contribution in [1.82, 2.24) is 15.1 Å². The average molecular weight is 239 g/mol. The molecule has 98 valence electrons. The van der Waals surface area contributed by atoms with E-state index in [9.17, 15) is 0 Å². The maximum Gasteiger partial charge on any atom is 0.0846 e. The van der Waals surface area contributed by atoms with E-state index in [1.807, 2.05) is 24.9 Å². The molecule has 17 heavy (non-hydrogen) atoms. The van der Waals surface area contributed by atoms with Crippen molar-refractivity contribution in [3.63, 3.8) is 0 Å². The third kappa shape index (κ3) is 3.30. The molecule has 0 fully saturated rings. The second-order valence-corrected chi connectivity index (χ2v) is 4.54. The zero-order chi connectivity index (χ0) is 12.9. The lowest BCUT2D eigenvalue weighted by Gasteiger charge is -2.36. The Balaban J connectivity index is 2.98. The van der Waals surface area contributed by atoms with Crippen molar-refractivity contribution in [2.75, 3.05) is 13.2 Å². The van der Waals surface area contributed by atoms with Crippen LogP contribution in [0.1, 0.15) is 45.7 Å². The van der Waals surface area contributed by atoms with Crippen molar-refractivity contribution in [1.29, 1.82) is 0 Å². The average Bonchev–Trinajstić information content (AvgIpc) is 2.72. The number of nitrogens with zero attached hydrogens (tertiary/aromatic N) is 2. The molecule has 2 unspecified atom stereocenters. The molecule has 0 bridgehead atoms. The second-order valence-electron chi connectivity index (χ2n) is 4.54. The van der Waals surface area contributed by atoms with E-state index in [1.165, 1.54) is 5.56 Å². The molecule has 1 aromatic heterocycles. The molecule has 4 nitrogen and oxygen atoms in total. The maximum atomic E-state index is 5.96. The minimum atomic E-state index is -0.187. The maximum absolute atomic E-state index is 5.96. The highest BCUT2D eigenvalue weighted by molar-refractivity contribution is 5.15. The molecule has 1 aromatic rings. The molecule has 0 aliphatic carbocycles. The van der Waals surface area contributed by atoms with E-state index < -0.39 is 0 Å². The van der Waals surface area contributed by atoms with Crippen molar-refractivity contribution in [3.05, 3.63) is 18.0 Å². The Kier molecular flexibility index (Phi) is 5.15. The van der Waals surface area contributed by atoms with Gasteiger partial charge in [-0.1, -0.05) is 13.8 Å². The molecule has 0 radical (unpaired) electrons. The minimum Gasteiger partial charge on any atom is -0.374 e. The van der Waals surface area contributed by atoms with Gasteiger partial charge in [0.05, 0.1) is 17.8 Å². The quantitative estimate of drug-likeness (QED) is 0.793. The van der Waals surface area contributed by atoms with Gasteiger partial charge in [-0.3, -0.25) is 4.68 Å². The lowest BCUT2D eigenvalue weighted by molar-refractivity contribution is -0.0560. The van der Waals surface area contributed by atoms with Crippen LogP contribution in [-0.4, -0.2) is 28.5 Å². The number of ether oxygens (including phenoxy) is 1. The molecule has 1 heterocycles. The van der Waals surface area contributed by atoms with Gasteiger partial charge < -0.3 is 10.1 Å². The van der Waals surface area contributed by atoms with Crippen molar-refractivity contribution in [2.45, 2.75) is 45.8 Å². The van der Waals surface area contributed by atoms with Gasteiger partial charge in [-0.15, -0.1) is 0 Å². The van der Waals surface area contributed by atoms with Crippen LogP contribution < -0.4 is 5.32 Å². The standard InChI is InChI=1S/C13H25N3O/c1-6-13(4,17-8-3)12(14-7-2)11-9-15-16(5)10-11/h9-10,12,14H,6-8H2,1-5H3. The highest BCUT2D eigenvalue weighted by Crippen LogP contribution is 2.31. The molecule has 4 heteroatoms. The topological polar surface area (TPSA) is 39.1 Å². The number of hydrogen-bond donors (Lipinski definition) is 1. The normalized spacial score (nSPS) is 16.8. The summed E-state index contributed by atoms with van der Waals surface area (Å²) in [5, 5.41) is 7.76. The lowest BCUT2D eigenvalue weighted by Crippen LogP contribution is -2.43. The number of nitrogens with one attached hydrogen (secondary N) is 1. The third-order valence-electron chi connectivity index (χ3n) is 3.25. The van der Waals surface area contributed by atoms with Crippen LogP contribution in [0.3, 0.4) is 0 Å². The zero-order valence-corrected chi connectivity index (χ0v) is 11.7. The van der Waals surface area contributed by atoms with Gasteiger partial charge in [-0.2, -0.15) is 5.10 Å². The summed E-state index contributed by atoms with van der Waals surface area (Å²) in [6.07, 6.45) is 4.94. The Morgan fingerprint density at radius 2 is 2.18 bits per heavy atom. The van der Waals surface area contributed by atoms with Gasteiger partial charge in [-0.05, 0) is 26.8 Å². The number of likely N-dealkylation sites (N-methyl/N-ethyl adjacent to an activating group) is 1. The summed E-state index contributed by atoms with van der Waals surface area (Å²) in [5.74, 6) is 0. The fraction of sp³-hybridized carbons (Fsp3) is 0.769. The summed E-state index contributed by atoms with van der Waals surface area (Å²) in [6.45, 7) is 10.1. The smallest absolute Gasteiger partial charge is 0.0846 e. The Bertz CT molecular complexity index is 337. The summed E-state index contributed by atoms with van der Waals surface area (Å²) >= 11 is 0. The van der Waals surface area contributed by atoms with Gasteiger partial charge in [0, 0.05) is 25.4 Å². The third-order valence-corrected chi connectivity index (χ3v) is 3.25. The van der Waals surface area contributed by atoms with Gasteiger partial charge in [-0.25, -0.2) is 0 Å². The number of aryl methyl sites for hydroxylation is 1. The van der Waals surface area contributed by atoms with E-state index in [-0.39, 0.29) is 11.6 Å². The Labute approximate surface area is 104 Å². The fourth-order valence-electron chi connectivity index (χ4n) is 2.20. The van der Waals surface area contributed by atoms with Crippen molar-refractivity contribution in [3.8, 4) is 0 Å². The van der Waals surface area contributed by atoms with Crippen molar-refractivity contribution >= 4 is 0 Å². The first-order valence-corrected chi connectivity index (χ1v) is 6.43. The molecule has 0 aromatic carbocycles. The molecule has 1 N–H and O–H groups in total. The van der Waals surface area contributed by atoms with E-state index in [1.54, 1.807) is 0 Å². The zero-order valence-electron chi connectivity index (χ0n) is 11.7. The predicted molar refractivity (Wildman–Crippen MR) is 69.9 cm³/mol. The summed E-state index contributed by atoms with van der Waals surface area (Å²) in [6, 6.07) is 0.186. The molecule has 0 saturated heterocycles. The lowest BCUT2D eigenvalue weighted by atomic mass is 9.89. The van der Waals surface area contributed by atoms with E-state index in [0.29, 0.717) is 0 Å². The predicted octanol–water partition coefficient (Wildman–Crippen LogP) is 2.28. The molecular formula is C13H25N3O. The van der Waals surface area contributed by atoms with Crippen LogP contribution in [0.2, 0.25) is 0 Å². The number of hydrogen-bond acceptors (Lipinski definition) is 3. The SMILES string of the molecule is CCNC(c1cnn(C)c1)C(C)(CC)OCC. The largest absolute Gasteiger partial charge is 0.374 e. The summed E-state index contributed by atoms with van der Waals surface area (Å²) in [5.41, 5.74) is 1.00. The molecule has 0 saturated carbocycles. The van der Waals surface area contributed by atoms with Crippen LogP contribution in [0, 0.1) is 0 Å². The van der Waals surface area contributed by atoms with E-state index in [4.69, 9.17) is 4.74 Å². The monoisotopic (exact) mass is 239 g/mol. The van der Waals surface area contributed by atoms with Crippen LogP contribution in [0.5, 0.6) is 0 Å². The first kappa shape index (κ1) is 14.2. The Morgan fingerprint density at radius 3 is 2.59 bits per heavy atom. The van der Waals surface area contributed by atoms with E-state index in [0.717, 1.165) is 19.6 Å². The van der Waals surface area contributed by atoms with Crippen LogP contribution in [0.4, 0.5) is 0 Å². The van der Waals surface area contributed by atoms with Crippen molar-refractivity contribution < 1.29 is 4.74 Å². The highest BCUT2D eigenvalue weighted by Gasteiger charge is 2.34. The molecule has 0 amide bonds. The minimum absolute atomic E-state index is 0.186. The second kappa shape index (κ2) is 6.17. The van der Waals surface area contributed by atoms with Crippen molar-refractivity contribution in [2.24, 2.45) is 7.05 Å². The molecule has 1 rings (SSSR count). The van der Waals surface area contributed by atoms with E-state index >= 15 is 0 Å². The van der Waals surface area contributed by atoms with Crippen LogP contribution >= 0.6 is 0 Å². The molecule has 0 spiro atoms. The van der Waals surface area contributed by atoms with Crippen LogP contribution in [-0.2, 0) is 11.8 Å². The summed E-state index contributed by atoms with van der Waals surface area (Å²) in [4.78, 5) is 0. The molecule has 2 atom stereocenters.